The lowest BCUT2D eigenvalue weighted by Gasteiger charge is -2.35. The number of amides is 6. The number of hydrogen-bond donors (Lipinski definition) is 5. The van der Waals surface area contributed by atoms with Crippen molar-refractivity contribution in [3.63, 3.8) is 0 Å². The van der Waals surface area contributed by atoms with E-state index in [0.717, 1.165) is 9.80 Å². The van der Waals surface area contributed by atoms with Crippen LogP contribution < -0.4 is 21.7 Å². The summed E-state index contributed by atoms with van der Waals surface area (Å²) >= 11 is 0. The van der Waals surface area contributed by atoms with E-state index in [-0.39, 0.29) is 55.6 Å². The monoisotopic (exact) mass is 574 g/mol. The number of carbonyl (C=O) groups excluding carboxylic acids is 5. The van der Waals surface area contributed by atoms with Crippen LogP contribution in [0.25, 0.3) is 0 Å². The summed E-state index contributed by atoms with van der Waals surface area (Å²) in [5, 5.41) is 16.2. The summed E-state index contributed by atoms with van der Waals surface area (Å²) < 4.78 is 39.5. The van der Waals surface area contributed by atoms with Crippen LogP contribution in [0.1, 0.15) is 33.1 Å². The summed E-state index contributed by atoms with van der Waals surface area (Å²) in [6.07, 6.45) is -6.19. The van der Waals surface area contributed by atoms with Gasteiger partial charge in [0, 0.05) is 38.0 Å². The standard InChI is InChI=1S/C24H33F3N6O7/c1-23(2)12-9-33(16(14(12)23)19(36)30-13(17(28)34)7-10-3-5-29-18(10)35)20(37)15(31-21(38)24(25,26)27)11-4-6-32(8-11)22(39)40/h10-16H,3-9H2,1-2H3,(H2,28,34)(H,29,35)(H,30,36)(H,31,38)(H,39,40)/t10-,11-,12-,13-,14-,15-,16-/m0/s1. The number of hydrogen-bond acceptors (Lipinski definition) is 6. The lowest BCUT2D eigenvalue weighted by Crippen LogP contribution is -2.60. The van der Waals surface area contributed by atoms with Crippen LogP contribution in [-0.2, 0) is 24.0 Å². The van der Waals surface area contributed by atoms with E-state index in [9.17, 15) is 47.0 Å². The lowest BCUT2D eigenvalue weighted by molar-refractivity contribution is -0.175. The van der Waals surface area contributed by atoms with Crippen molar-refractivity contribution in [1.82, 2.24) is 25.8 Å². The largest absolute Gasteiger partial charge is 0.471 e. The molecule has 3 saturated heterocycles. The van der Waals surface area contributed by atoms with Gasteiger partial charge in [0.15, 0.2) is 0 Å². The molecule has 6 amide bonds. The number of carboxylic acid groups (broad SMARTS) is 1. The average molecular weight is 575 g/mol. The van der Waals surface area contributed by atoms with E-state index in [4.69, 9.17) is 5.73 Å². The fourth-order valence-corrected chi connectivity index (χ4v) is 6.49. The normalized spacial score (nSPS) is 30.2. The first-order valence-corrected chi connectivity index (χ1v) is 13.1. The second kappa shape index (κ2) is 10.4. The third-order valence-electron chi connectivity index (χ3n) is 8.88. The Balaban J connectivity index is 1.57. The molecule has 0 aromatic heterocycles. The van der Waals surface area contributed by atoms with Crippen LogP contribution in [0.2, 0.25) is 0 Å². The third-order valence-corrected chi connectivity index (χ3v) is 8.88. The molecule has 4 aliphatic rings. The minimum atomic E-state index is -5.29. The van der Waals surface area contributed by atoms with Crippen molar-refractivity contribution in [2.75, 3.05) is 26.2 Å². The summed E-state index contributed by atoms with van der Waals surface area (Å²) in [7, 11) is 0. The van der Waals surface area contributed by atoms with Crippen LogP contribution in [-0.4, -0.2) is 101 Å². The highest BCUT2D eigenvalue weighted by Crippen LogP contribution is 2.65. The van der Waals surface area contributed by atoms with Crippen LogP contribution >= 0.6 is 0 Å². The van der Waals surface area contributed by atoms with Crippen LogP contribution in [0.4, 0.5) is 18.0 Å². The maximum atomic E-state index is 13.8. The third kappa shape index (κ3) is 5.52. The van der Waals surface area contributed by atoms with Gasteiger partial charge in [-0.1, -0.05) is 13.8 Å². The molecule has 13 nitrogen and oxygen atoms in total. The molecule has 16 heteroatoms. The zero-order chi connectivity index (χ0) is 29.7. The second-order valence-electron chi connectivity index (χ2n) is 11.6. The van der Waals surface area contributed by atoms with Crippen molar-refractivity contribution in [3.8, 4) is 0 Å². The maximum absolute atomic E-state index is 13.8. The first-order chi connectivity index (χ1) is 18.5. The van der Waals surface area contributed by atoms with Gasteiger partial charge in [0.05, 0.1) is 0 Å². The van der Waals surface area contributed by atoms with Crippen molar-refractivity contribution >= 4 is 35.6 Å². The highest BCUT2D eigenvalue weighted by molar-refractivity contribution is 5.96. The molecule has 0 aromatic carbocycles. The molecule has 4 rings (SSSR count). The van der Waals surface area contributed by atoms with Gasteiger partial charge in [0.25, 0.3) is 0 Å². The van der Waals surface area contributed by atoms with Gasteiger partial charge in [-0.2, -0.15) is 13.2 Å². The molecule has 0 spiro atoms. The fourth-order valence-electron chi connectivity index (χ4n) is 6.49. The van der Waals surface area contributed by atoms with Crippen molar-refractivity contribution in [2.45, 2.75) is 57.4 Å². The molecule has 3 heterocycles. The van der Waals surface area contributed by atoms with E-state index < -0.39 is 65.9 Å². The number of nitrogens with zero attached hydrogens (tertiary/aromatic N) is 2. The first-order valence-electron chi connectivity index (χ1n) is 13.1. The number of nitrogens with one attached hydrogen (secondary N) is 3. The van der Waals surface area contributed by atoms with Gasteiger partial charge in [-0.25, -0.2) is 4.79 Å². The topological polar surface area (TPSA) is 191 Å². The predicted molar refractivity (Wildman–Crippen MR) is 129 cm³/mol. The number of primary amides is 1. The Morgan fingerprint density at radius 3 is 2.35 bits per heavy atom. The van der Waals surface area contributed by atoms with Gasteiger partial charge in [0.2, 0.25) is 23.6 Å². The Kier molecular flexibility index (Phi) is 7.66. The minimum Gasteiger partial charge on any atom is -0.465 e. The Morgan fingerprint density at radius 1 is 1.15 bits per heavy atom. The zero-order valence-electron chi connectivity index (χ0n) is 22.0. The number of fused-ring (bicyclic) bond motifs is 1. The van der Waals surface area contributed by atoms with Gasteiger partial charge in [-0.05, 0) is 36.5 Å². The summed E-state index contributed by atoms with van der Waals surface area (Å²) in [6, 6.07) is -4.13. The van der Waals surface area contributed by atoms with Crippen molar-refractivity contribution in [2.24, 2.45) is 34.8 Å². The first kappa shape index (κ1) is 29.4. The molecule has 1 saturated carbocycles. The molecule has 222 valence electrons. The quantitative estimate of drug-likeness (QED) is 0.246. The van der Waals surface area contributed by atoms with E-state index in [1.54, 1.807) is 5.32 Å². The van der Waals surface area contributed by atoms with E-state index in [0.29, 0.717) is 13.0 Å². The molecular formula is C24H33F3N6O7. The SMILES string of the molecule is CC1(C)[C@@H]2[C@@H](C(=O)N[C@@H](C[C@@H]3CCNC3=O)C(N)=O)N(C(=O)[C@@H](NC(=O)C(F)(F)F)[C@H]3CCN(C(=O)O)C3)C[C@@H]21. The zero-order valence-corrected chi connectivity index (χ0v) is 22.0. The Hall–Kier alpha value is -3.59. The van der Waals surface area contributed by atoms with Gasteiger partial charge in [0.1, 0.15) is 18.1 Å². The average Bonchev–Trinajstić information content (AvgIpc) is 3.40. The number of carbonyl (C=O) groups is 6. The number of nitrogens with two attached hydrogens (primary N) is 1. The molecule has 1 aliphatic carbocycles. The van der Waals surface area contributed by atoms with Crippen molar-refractivity contribution < 1.29 is 47.0 Å². The highest BCUT2D eigenvalue weighted by atomic mass is 19.4. The molecule has 6 N–H and O–H groups in total. The van der Waals surface area contributed by atoms with E-state index in [1.807, 2.05) is 13.8 Å². The molecular weight excluding hydrogens is 541 g/mol. The fraction of sp³-hybridized carbons (Fsp3) is 0.750. The number of alkyl halides is 3. The van der Waals surface area contributed by atoms with Crippen LogP contribution in [0.5, 0.6) is 0 Å². The van der Waals surface area contributed by atoms with E-state index in [2.05, 4.69) is 10.6 Å². The van der Waals surface area contributed by atoms with Crippen LogP contribution in [0.3, 0.4) is 0 Å². The van der Waals surface area contributed by atoms with Gasteiger partial charge < -0.3 is 36.6 Å². The number of halogens is 3. The molecule has 3 aliphatic heterocycles. The summed E-state index contributed by atoms with van der Waals surface area (Å²) in [5.74, 6) is -7.25. The predicted octanol–water partition coefficient (Wildman–Crippen LogP) is -0.987. The minimum absolute atomic E-state index is 0.0224. The summed E-state index contributed by atoms with van der Waals surface area (Å²) in [6.45, 7) is 3.88. The molecule has 0 radical (unpaired) electrons. The molecule has 40 heavy (non-hydrogen) atoms. The molecule has 7 atom stereocenters. The van der Waals surface area contributed by atoms with Crippen molar-refractivity contribution in [3.05, 3.63) is 0 Å². The molecule has 0 bridgehead atoms. The Labute approximate surface area is 227 Å². The summed E-state index contributed by atoms with van der Waals surface area (Å²) in [5.41, 5.74) is 5.11. The van der Waals surface area contributed by atoms with Gasteiger partial charge in [-0.3, -0.25) is 24.0 Å². The lowest BCUT2D eigenvalue weighted by atomic mass is 9.94. The van der Waals surface area contributed by atoms with E-state index in [1.165, 1.54) is 0 Å². The Bertz CT molecular complexity index is 1120. The van der Waals surface area contributed by atoms with Crippen LogP contribution in [0, 0.1) is 29.1 Å². The highest BCUT2D eigenvalue weighted by Gasteiger charge is 2.70. The second-order valence-corrected chi connectivity index (χ2v) is 11.6. The maximum Gasteiger partial charge on any atom is 0.471 e. The number of rotatable bonds is 8. The number of piperidine rings is 1. The number of likely N-dealkylation sites (tertiary alicyclic amines) is 2. The smallest absolute Gasteiger partial charge is 0.465 e. The molecule has 0 unspecified atom stereocenters. The molecule has 4 fully saturated rings. The van der Waals surface area contributed by atoms with Gasteiger partial charge in [-0.15, -0.1) is 0 Å². The van der Waals surface area contributed by atoms with Crippen LogP contribution in [0.15, 0.2) is 0 Å². The Morgan fingerprint density at radius 2 is 1.82 bits per heavy atom. The molecule has 0 aromatic rings. The van der Waals surface area contributed by atoms with Gasteiger partial charge >= 0.3 is 18.2 Å². The van der Waals surface area contributed by atoms with E-state index >= 15 is 0 Å². The summed E-state index contributed by atoms with van der Waals surface area (Å²) in [4.78, 5) is 76.8. The van der Waals surface area contributed by atoms with Crippen molar-refractivity contribution in [1.29, 1.82) is 0 Å².